The number of amides is 1. The average molecular weight is 421 g/mol. The first-order valence-corrected chi connectivity index (χ1v) is 9.72. The summed E-state index contributed by atoms with van der Waals surface area (Å²) in [6.45, 7) is 3.37. The minimum atomic E-state index is -1.32. The van der Waals surface area contributed by atoms with Crippen LogP contribution in [0.25, 0.3) is 0 Å². The highest BCUT2D eigenvalue weighted by atomic mass is 16.5. The number of rotatable bonds is 6. The number of carbonyl (C=O) groups is 1. The molecule has 0 spiro atoms. The van der Waals surface area contributed by atoms with E-state index in [1.54, 1.807) is 11.6 Å². The summed E-state index contributed by atoms with van der Waals surface area (Å²) in [7, 11) is 1.81. The van der Waals surface area contributed by atoms with Crippen LogP contribution in [0.3, 0.4) is 0 Å². The Morgan fingerprint density at radius 2 is 2.03 bits per heavy atom. The first-order chi connectivity index (χ1) is 14.2. The van der Waals surface area contributed by atoms with Crippen molar-refractivity contribution < 1.29 is 19.7 Å². The molecule has 2 aromatic rings. The second-order valence-corrected chi connectivity index (χ2v) is 7.66. The Morgan fingerprint density at radius 3 is 2.70 bits per heavy atom. The molecule has 164 valence electrons. The smallest absolute Gasteiger partial charge is 0.328 e. The molecule has 0 unspecified atom stereocenters. The standard InChI is InChI=1S/C19H27N5O6/c1-10-6-24(19(29)21-18(10)28)8-14-17(27)16(26)13(9-30-14)20-15(25)5-4-12-7-23(3)22-11(12)2/h6-7,13-14,16-17,26-27H,4-5,8-9H2,1-3H3,(H,20,25)(H,21,28,29)/t13-,14-,16+,17-/m1/s1. The fraction of sp³-hybridized carbons (Fsp3) is 0.579. The Hall–Kier alpha value is -2.76. The molecule has 0 aliphatic carbocycles. The largest absolute Gasteiger partial charge is 0.388 e. The van der Waals surface area contributed by atoms with Crippen molar-refractivity contribution in [3.8, 4) is 0 Å². The van der Waals surface area contributed by atoms with Crippen molar-refractivity contribution in [2.75, 3.05) is 6.61 Å². The van der Waals surface area contributed by atoms with Crippen LogP contribution >= 0.6 is 0 Å². The zero-order valence-corrected chi connectivity index (χ0v) is 17.2. The molecular formula is C19H27N5O6. The fourth-order valence-corrected chi connectivity index (χ4v) is 3.54. The Balaban J connectivity index is 1.56. The van der Waals surface area contributed by atoms with Crippen LogP contribution in [0.1, 0.15) is 23.2 Å². The molecule has 0 radical (unpaired) electrons. The van der Waals surface area contributed by atoms with E-state index in [1.807, 2.05) is 20.2 Å². The van der Waals surface area contributed by atoms with Crippen LogP contribution in [0.5, 0.6) is 0 Å². The summed E-state index contributed by atoms with van der Waals surface area (Å²) in [4.78, 5) is 37.9. The van der Waals surface area contributed by atoms with Crippen LogP contribution in [-0.2, 0) is 29.5 Å². The van der Waals surface area contributed by atoms with Gasteiger partial charge in [0.2, 0.25) is 5.91 Å². The van der Waals surface area contributed by atoms with Gasteiger partial charge in [-0.1, -0.05) is 0 Å². The third kappa shape index (κ3) is 4.86. The number of carbonyl (C=O) groups excluding carboxylic acids is 1. The summed E-state index contributed by atoms with van der Waals surface area (Å²) in [5.41, 5.74) is 1.06. The molecule has 4 N–H and O–H groups in total. The fourth-order valence-electron chi connectivity index (χ4n) is 3.54. The van der Waals surface area contributed by atoms with Gasteiger partial charge in [0.1, 0.15) is 18.3 Å². The number of hydrogen-bond acceptors (Lipinski definition) is 7. The number of nitrogens with zero attached hydrogens (tertiary/aromatic N) is 3. The number of aromatic nitrogens is 4. The van der Waals surface area contributed by atoms with Gasteiger partial charge in [-0.2, -0.15) is 5.10 Å². The molecule has 0 bridgehead atoms. The zero-order valence-electron chi connectivity index (χ0n) is 17.2. The quantitative estimate of drug-likeness (QED) is 0.426. The maximum Gasteiger partial charge on any atom is 0.328 e. The first kappa shape index (κ1) is 21.9. The van der Waals surface area contributed by atoms with Gasteiger partial charge in [0, 0.05) is 31.4 Å². The third-order valence-electron chi connectivity index (χ3n) is 5.28. The predicted molar refractivity (Wildman–Crippen MR) is 106 cm³/mol. The van der Waals surface area contributed by atoms with E-state index in [2.05, 4.69) is 15.4 Å². The summed E-state index contributed by atoms with van der Waals surface area (Å²) >= 11 is 0. The summed E-state index contributed by atoms with van der Waals surface area (Å²) in [6, 6.07) is -0.771. The van der Waals surface area contributed by atoms with Gasteiger partial charge < -0.3 is 20.3 Å². The van der Waals surface area contributed by atoms with E-state index in [1.165, 1.54) is 10.8 Å². The molecule has 11 nitrogen and oxygen atoms in total. The number of hydrogen-bond donors (Lipinski definition) is 4. The number of aromatic amines is 1. The maximum atomic E-state index is 12.3. The monoisotopic (exact) mass is 421 g/mol. The molecule has 11 heteroatoms. The molecule has 3 heterocycles. The van der Waals surface area contributed by atoms with E-state index < -0.39 is 35.6 Å². The lowest BCUT2D eigenvalue weighted by molar-refractivity contribution is -0.158. The number of nitrogens with one attached hydrogen (secondary N) is 2. The van der Waals surface area contributed by atoms with Gasteiger partial charge in [-0.3, -0.25) is 23.8 Å². The zero-order chi connectivity index (χ0) is 22.0. The molecule has 0 aromatic carbocycles. The van der Waals surface area contributed by atoms with Gasteiger partial charge in [-0.25, -0.2) is 4.79 Å². The number of H-pyrrole nitrogens is 1. The van der Waals surface area contributed by atoms with E-state index in [0.29, 0.717) is 12.0 Å². The topological polar surface area (TPSA) is 151 Å². The molecule has 1 saturated heterocycles. The van der Waals surface area contributed by atoms with Crippen LogP contribution in [0.15, 0.2) is 22.0 Å². The van der Waals surface area contributed by atoms with E-state index >= 15 is 0 Å². The molecule has 1 aliphatic rings. The van der Waals surface area contributed by atoms with Crippen molar-refractivity contribution in [1.82, 2.24) is 24.6 Å². The van der Waals surface area contributed by atoms with Crippen molar-refractivity contribution >= 4 is 5.91 Å². The molecular weight excluding hydrogens is 394 g/mol. The van der Waals surface area contributed by atoms with Crippen molar-refractivity contribution in [2.45, 2.75) is 57.6 Å². The summed E-state index contributed by atoms with van der Waals surface area (Å²) in [5.74, 6) is -0.274. The van der Waals surface area contributed by atoms with Gasteiger partial charge in [0.25, 0.3) is 5.56 Å². The predicted octanol–water partition coefficient (Wildman–Crippen LogP) is -1.87. The summed E-state index contributed by atoms with van der Waals surface area (Å²) < 4.78 is 8.50. The van der Waals surface area contributed by atoms with Gasteiger partial charge >= 0.3 is 5.69 Å². The normalized spacial score (nSPS) is 24.0. The number of aliphatic hydroxyl groups is 2. The Labute approximate surface area is 172 Å². The molecule has 4 atom stereocenters. The van der Waals surface area contributed by atoms with Crippen LogP contribution in [-0.4, -0.2) is 66.4 Å². The maximum absolute atomic E-state index is 12.3. The van der Waals surface area contributed by atoms with E-state index in [9.17, 15) is 24.6 Å². The van der Waals surface area contributed by atoms with Crippen LogP contribution in [0.4, 0.5) is 0 Å². The summed E-state index contributed by atoms with van der Waals surface area (Å²) in [6.07, 6.45) is 0.509. The van der Waals surface area contributed by atoms with Gasteiger partial charge in [-0.15, -0.1) is 0 Å². The lowest BCUT2D eigenvalue weighted by Gasteiger charge is -2.38. The molecule has 3 rings (SSSR count). The number of aliphatic hydroxyl groups excluding tert-OH is 2. The highest BCUT2D eigenvalue weighted by molar-refractivity contribution is 5.76. The molecule has 1 aliphatic heterocycles. The van der Waals surface area contributed by atoms with E-state index in [4.69, 9.17) is 4.74 Å². The summed E-state index contributed by atoms with van der Waals surface area (Å²) in [5, 5.41) is 27.8. The van der Waals surface area contributed by atoms with Crippen molar-refractivity contribution in [1.29, 1.82) is 0 Å². The third-order valence-corrected chi connectivity index (χ3v) is 5.28. The number of ether oxygens (including phenoxy) is 1. The lowest BCUT2D eigenvalue weighted by atomic mass is 9.97. The van der Waals surface area contributed by atoms with Gasteiger partial charge in [0.15, 0.2) is 0 Å². The van der Waals surface area contributed by atoms with Crippen LogP contribution in [0.2, 0.25) is 0 Å². The van der Waals surface area contributed by atoms with E-state index in [0.717, 1.165) is 11.3 Å². The van der Waals surface area contributed by atoms with Crippen LogP contribution in [0, 0.1) is 13.8 Å². The Kier molecular flexibility index (Phi) is 6.54. The molecule has 30 heavy (non-hydrogen) atoms. The van der Waals surface area contributed by atoms with Crippen molar-refractivity contribution in [3.63, 3.8) is 0 Å². The molecule has 0 saturated carbocycles. The van der Waals surface area contributed by atoms with Crippen LogP contribution < -0.4 is 16.6 Å². The molecule has 1 amide bonds. The Bertz CT molecular complexity index is 1030. The Morgan fingerprint density at radius 1 is 1.30 bits per heavy atom. The number of aryl methyl sites for hydroxylation is 4. The van der Waals surface area contributed by atoms with E-state index in [-0.39, 0.29) is 25.5 Å². The second-order valence-electron chi connectivity index (χ2n) is 7.66. The minimum Gasteiger partial charge on any atom is -0.388 e. The SMILES string of the molecule is Cc1nn(C)cc1CCC(=O)N[C@@H]1CO[C@H](Cn2cc(C)c(=O)[nH]c2=O)[C@@H](O)[C@H]1O. The van der Waals surface area contributed by atoms with Crippen molar-refractivity contribution in [2.24, 2.45) is 7.05 Å². The first-order valence-electron chi connectivity index (χ1n) is 9.72. The van der Waals surface area contributed by atoms with Gasteiger partial charge in [-0.05, 0) is 25.8 Å². The minimum absolute atomic E-state index is 0.0162. The lowest BCUT2D eigenvalue weighted by Crippen LogP contribution is -2.60. The molecule has 2 aromatic heterocycles. The van der Waals surface area contributed by atoms with Gasteiger partial charge in [0.05, 0.1) is 24.9 Å². The highest BCUT2D eigenvalue weighted by Gasteiger charge is 2.39. The van der Waals surface area contributed by atoms with Crippen molar-refractivity contribution in [3.05, 3.63) is 50.1 Å². The second kappa shape index (κ2) is 8.94. The highest BCUT2D eigenvalue weighted by Crippen LogP contribution is 2.17. The molecule has 1 fully saturated rings. The average Bonchev–Trinajstić information content (AvgIpc) is 3.01.